The highest BCUT2D eigenvalue weighted by Crippen LogP contribution is 2.34. The first kappa shape index (κ1) is 22.3. The molecule has 8 nitrogen and oxygen atoms in total. The summed E-state index contributed by atoms with van der Waals surface area (Å²) in [6.45, 7) is 1.68. The number of hydrogen-bond donors (Lipinski definition) is 2. The van der Waals surface area contributed by atoms with E-state index < -0.39 is 11.9 Å². The van der Waals surface area contributed by atoms with E-state index in [0.717, 1.165) is 11.3 Å². The van der Waals surface area contributed by atoms with Gasteiger partial charge in [-0.1, -0.05) is 6.07 Å². The molecular formula is C19H21N3O5S2. The Kier molecular flexibility index (Phi) is 7.29. The van der Waals surface area contributed by atoms with Crippen LogP contribution >= 0.6 is 23.6 Å². The van der Waals surface area contributed by atoms with Crippen molar-refractivity contribution < 1.29 is 23.9 Å². The molecule has 1 aromatic heterocycles. The van der Waals surface area contributed by atoms with Gasteiger partial charge in [0.05, 0.1) is 30.2 Å². The largest absolute Gasteiger partial charge is 0.465 e. The van der Waals surface area contributed by atoms with Crippen LogP contribution in [0, 0.1) is 6.92 Å². The number of carbonyl (C=O) groups excluding carboxylic acids is 3. The van der Waals surface area contributed by atoms with Crippen LogP contribution in [0.15, 0.2) is 24.3 Å². The molecule has 154 valence electrons. The summed E-state index contributed by atoms with van der Waals surface area (Å²) >= 11 is 6.44. The van der Waals surface area contributed by atoms with Crippen LogP contribution in [-0.4, -0.2) is 56.2 Å². The number of thiophene rings is 1. The first-order valence-corrected chi connectivity index (χ1v) is 9.61. The Hall–Kier alpha value is -2.98. The summed E-state index contributed by atoms with van der Waals surface area (Å²) in [7, 11) is 5.83. The third-order valence-corrected chi connectivity index (χ3v) is 5.30. The van der Waals surface area contributed by atoms with E-state index >= 15 is 0 Å². The van der Waals surface area contributed by atoms with Crippen molar-refractivity contribution in [1.82, 2.24) is 4.90 Å². The van der Waals surface area contributed by atoms with Crippen molar-refractivity contribution >= 4 is 57.2 Å². The highest BCUT2D eigenvalue weighted by molar-refractivity contribution is 7.80. The quantitative estimate of drug-likeness (QED) is 0.546. The molecule has 1 heterocycles. The molecule has 29 heavy (non-hydrogen) atoms. The van der Waals surface area contributed by atoms with Gasteiger partial charge in [0.15, 0.2) is 5.11 Å². The van der Waals surface area contributed by atoms with Gasteiger partial charge in [-0.05, 0) is 42.9 Å². The van der Waals surface area contributed by atoms with Crippen molar-refractivity contribution in [2.45, 2.75) is 6.92 Å². The lowest BCUT2D eigenvalue weighted by Crippen LogP contribution is -2.21. The number of nitrogens with one attached hydrogen (secondary N) is 2. The predicted molar refractivity (Wildman–Crippen MR) is 116 cm³/mol. The topological polar surface area (TPSA) is 97.0 Å². The standard InChI is InChI=1S/C19H21N3O5S2/c1-10-13(18(25)27-5)15(29-14(10)16(23)22(2)3)21-19(28)20-12-8-6-7-11(9-12)17(24)26-4/h6-9H,1-5H3,(H2,20,21,28). The molecule has 0 saturated heterocycles. The van der Waals surface area contributed by atoms with Gasteiger partial charge in [-0.15, -0.1) is 11.3 Å². The average Bonchev–Trinajstić information content (AvgIpc) is 3.01. The third kappa shape index (κ3) is 5.09. The molecule has 0 bridgehead atoms. The van der Waals surface area contributed by atoms with Crippen molar-refractivity contribution in [2.24, 2.45) is 0 Å². The molecule has 0 aliphatic carbocycles. The smallest absolute Gasteiger partial charge is 0.341 e. The fraction of sp³-hybridized carbons (Fsp3) is 0.263. The minimum absolute atomic E-state index is 0.183. The van der Waals surface area contributed by atoms with Gasteiger partial charge in [-0.3, -0.25) is 4.79 Å². The number of esters is 2. The van der Waals surface area contributed by atoms with Crippen LogP contribution in [0.25, 0.3) is 0 Å². The van der Waals surface area contributed by atoms with Crippen LogP contribution in [0.2, 0.25) is 0 Å². The molecular weight excluding hydrogens is 414 g/mol. The predicted octanol–water partition coefficient (Wildman–Crippen LogP) is 3.14. The molecule has 2 rings (SSSR count). The van der Waals surface area contributed by atoms with E-state index in [2.05, 4.69) is 10.6 Å². The van der Waals surface area contributed by atoms with Crippen molar-refractivity contribution in [2.75, 3.05) is 38.9 Å². The number of hydrogen-bond acceptors (Lipinski definition) is 7. The summed E-state index contributed by atoms with van der Waals surface area (Å²) in [5.41, 5.74) is 1.68. The summed E-state index contributed by atoms with van der Waals surface area (Å²) < 4.78 is 9.56. The first-order chi connectivity index (χ1) is 13.7. The Balaban J connectivity index is 2.30. The fourth-order valence-corrected chi connectivity index (χ4v) is 3.97. The number of amides is 1. The first-order valence-electron chi connectivity index (χ1n) is 8.39. The molecule has 0 radical (unpaired) electrons. The number of rotatable bonds is 5. The summed E-state index contributed by atoms with van der Waals surface area (Å²) in [6.07, 6.45) is 0. The van der Waals surface area contributed by atoms with Crippen molar-refractivity contribution in [3.05, 3.63) is 45.8 Å². The lowest BCUT2D eigenvalue weighted by molar-refractivity contribution is 0.0592. The summed E-state index contributed by atoms with van der Waals surface area (Å²) in [5.74, 6) is -1.27. The molecule has 0 aliphatic rings. The number of methoxy groups -OCH3 is 2. The van der Waals surface area contributed by atoms with Crippen LogP contribution in [-0.2, 0) is 9.47 Å². The second-order valence-electron chi connectivity index (χ2n) is 6.10. The summed E-state index contributed by atoms with van der Waals surface area (Å²) in [6, 6.07) is 6.61. The number of thiocarbonyl (C=S) groups is 1. The maximum absolute atomic E-state index is 12.4. The van der Waals surface area contributed by atoms with E-state index in [1.807, 2.05) is 0 Å². The van der Waals surface area contributed by atoms with Crippen LogP contribution in [0.4, 0.5) is 10.7 Å². The zero-order valence-corrected chi connectivity index (χ0v) is 18.2. The van der Waals surface area contributed by atoms with Crippen LogP contribution in [0.5, 0.6) is 0 Å². The van der Waals surface area contributed by atoms with Gasteiger partial charge >= 0.3 is 11.9 Å². The van der Waals surface area contributed by atoms with E-state index in [4.69, 9.17) is 21.7 Å². The molecule has 0 aliphatic heterocycles. The minimum atomic E-state index is -0.574. The Morgan fingerprint density at radius 1 is 1.07 bits per heavy atom. The van der Waals surface area contributed by atoms with Crippen molar-refractivity contribution in [3.63, 3.8) is 0 Å². The molecule has 1 aromatic carbocycles. The van der Waals surface area contributed by atoms with Gasteiger partial charge in [0, 0.05) is 19.8 Å². The molecule has 1 amide bonds. The molecule has 2 aromatic rings. The second kappa shape index (κ2) is 9.48. The SMILES string of the molecule is COC(=O)c1cccc(NC(=S)Nc2sc(C(=O)N(C)C)c(C)c2C(=O)OC)c1. The van der Waals surface area contributed by atoms with Gasteiger partial charge in [0.2, 0.25) is 0 Å². The molecule has 0 fully saturated rings. The number of nitrogens with zero attached hydrogens (tertiary/aromatic N) is 1. The normalized spacial score (nSPS) is 10.1. The molecule has 0 unspecified atom stereocenters. The monoisotopic (exact) mass is 435 g/mol. The highest BCUT2D eigenvalue weighted by atomic mass is 32.1. The molecule has 2 N–H and O–H groups in total. The third-order valence-electron chi connectivity index (χ3n) is 3.91. The average molecular weight is 436 g/mol. The van der Waals surface area contributed by atoms with E-state index in [-0.39, 0.29) is 16.6 Å². The van der Waals surface area contributed by atoms with Gasteiger partial charge in [0.1, 0.15) is 5.00 Å². The lowest BCUT2D eigenvalue weighted by Gasteiger charge is -2.11. The van der Waals surface area contributed by atoms with Crippen LogP contribution in [0.3, 0.4) is 0 Å². The van der Waals surface area contributed by atoms with E-state index in [0.29, 0.717) is 26.7 Å². The Labute approximate surface area is 177 Å². The number of anilines is 2. The lowest BCUT2D eigenvalue weighted by atomic mass is 10.1. The zero-order valence-electron chi connectivity index (χ0n) is 16.6. The Morgan fingerprint density at radius 2 is 1.72 bits per heavy atom. The molecule has 0 spiro atoms. The van der Waals surface area contributed by atoms with E-state index in [1.54, 1.807) is 45.3 Å². The molecule has 0 saturated carbocycles. The van der Waals surface area contributed by atoms with Gasteiger partial charge in [-0.2, -0.15) is 0 Å². The zero-order chi connectivity index (χ0) is 21.7. The maximum Gasteiger partial charge on any atom is 0.341 e. The van der Waals surface area contributed by atoms with E-state index in [9.17, 15) is 14.4 Å². The molecule has 10 heteroatoms. The van der Waals surface area contributed by atoms with Gasteiger partial charge < -0.3 is 25.0 Å². The second-order valence-corrected chi connectivity index (χ2v) is 7.53. The van der Waals surface area contributed by atoms with Crippen LogP contribution < -0.4 is 10.6 Å². The molecule has 0 atom stereocenters. The number of benzene rings is 1. The Morgan fingerprint density at radius 3 is 2.31 bits per heavy atom. The number of carbonyl (C=O) groups is 3. The Bertz CT molecular complexity index is 969. The number of ether oxygens (including phenoxy) is 2. The highest BCUT2D eigenvalue weighted by Gasteiger charge is 2.26. The van der Waals surface area contributed by atoms with Crippen LogP contribution in [0.1, 0.15) is 36.0 Å². The maximum atomic E-state index is 12.4. The van der Waals surface area contributed by atoms with Gasteiger partial charge in [-0.25, -0.2) is 9.59 Å². The van der Waals surface area contributed by atoms with Crippen molar-refractivity contribution in [1.29, 1.82) is 0 Å². The fourth-order valence-electron chi connectivity index (χ4n) is 2.46. The summed E-state index contributed by atoms with van der Waals surface area (Å²) in [4.78, 5) is 38.2. The van der Waals surface area contributed by atoms with E-state index in [1.165, 1.54) is 19.1 Å². The van der Waals surface area contributed by atoms with Gasteiger partial charge in [0.25, 0.3) is 5.91 Å². The van der Waals surface area contributed by atoms with Crippen molar-refractivity contribution in [3.8, 4) is 0 Å². The minimum Gasteiger partial charge on any atom is -0.465 e. The summed E-state index contributed by atoms with van der Waals surface area (Å²) in [5, 5.41) is 6.46.